The van der Waals surface area contributed by atoms with Crippen molar-refractivity contribution in [2.75, 3.05) is 12.8 Å². The van der Waals surface area contributed by atoms with Crippen LogP contribution >= 0.6 is 11.8 Å². The van der Waals surface area contributed by atoms with Gasteiger partial charge in [0.15, 0.2) is 0 Å². The Hall–Kier alpha value is -0.540. The fraction of sp³-hybridized carbons (Fsp3) is 0.600. The van der Waals surface area contributed by atoms with Gasteiger partial charge < -0.3 is 5.32 Å². The predicted molar refractivity (Wildman–Crippen MR) is 78.7 cm³/mol. The van der Waals surface area contributed by atoms with Gasteiger partial charge in [0, 0.05) is 16.7 Å². The molecular weight excluding hydrogens is 245 g/mol. The molecule has 1 unspecified atom stereocenters. The second-order valence-electron chi connectivity index (χ2n) is 5.83. The van der Waals surface area contributed by atoms with Crippen LogP contribution in [0.5, 0.6) is 0 Å². The number of halogens is 1. The molecule has 1 rings (SSSR count). The highest BCUT2D eigenvalue weighted by atomic mass is 32.2. The van der Waals surface area contributed by atoms with E-state index in [4.69, 9.17) is 0 Å². The van der Waals surface area contributed by atoms with Crippen molar-refractivity contribution >= 4 is 11.8 Å². The maximum absolute atomic E-state index is 13.5. The molecule has 0 spiro atoms. The molecular formula is C15H24FNS. The minimum atomic E-state index is -0.117. The number of thioether (sulfide) groups is 1. The van der Waals surface area contributed by atoms with E-state index in [1.165, 1.54) is 12.5 Å². The van der Waals surface area contributed by atoms with Crippen molar-refractivity contribution in [1.29, 1.82) is 0 Å². The van der Waals surface area contributed by atoms with E-state index in [0.717, 1.165) is 17.1 Å². The second kappa shape index (κ2) is 7.15. The van der Waals surface area contributed by atoms with Gasteiger partial charge in [0.05, 0.1) is 0 Å². The van der Waals surface area contributed by atoms with Crippen LogP contribution in [0.15, 0.2) is 29.2 Å². The van der Waals surface area contributed by atoms with Crippen LogP contribution in [0.1, 0.15) is 33.6 Å². The van der Waals surface area contributed by atoms with Gasteiger partial charge in [0.25, 0.3) is 0 Å². The van der Waals surface area contributed by atoms with Gasteiger partial charge in [-0.25, -0.2) is 4.39 Å². The third-order valence-electron chi connectivity index (χ3n) is 2.93. The van der Waals surface area contributed by atoms with Crippen LogP contribution in [0.2, 0.25) is 0 Å². The molecule has 1 aromatic carbocycles. The molecule has 0 aliphatic rings. The fourth-order valence-corrected chi connectivity index (χ4v) is 2.77. The van der Waals surface area contributed by atoms with Crippen LogP contribution < -0.4 is 5.32 Å². The van der Waals surface area contributed by atoms with Gasteiger partial charge in [-0.15, -0.1) is 11.8 Å². The summed E-state index contributed by atoms with van der Waals surface area (Å²) in [6, 6.07) is 7.42. The lowest BCUT2D eigenvalue weighted by molar-refractivity contribution is 0.343. The SMILES string of the molecule is CNC(CCC(C)(C)C)CSc1ccccc1F. The zero-order chi connectivity index (χ0) is 13.6. The number of benzene rings is 1. The highest BCUT2D eigenvalue weighted by Crippen LogP contribution is 2.25. The molecule has 0 aromatic heterocycles. The number of hydrogen-bond acceptors (Lipinski definition) is 2. The molecule has 1 atom stereocenters. The molecule has 1 nitrogen and oxygen atoms in total. The summed E-state index contributed by atoms with van der Waals surface area (Å²) in [4.78, 5) is 0.744. The molecule has 1 aromatic rings. The molecule has 18 heavy (non-hydrogen) atoms. The van der Waals surface area contributed by atoms with Gasteiger partial charge in [0.1, 0.15) is 5.82 Å². The molecule has 0 aliphatic carbocycles. The molecule has 3 heteroatoms. The first kappa shape index (κ1) is 15.5. The first-order valence-corrected chi connectivity index (χ1v) is 7.45. The Balaban J connectivity index is 2.43. The van der Waals surface area contributed by atoms with E-state index in [9.17, 15) is 4.39 Å². The van der Waals surface area contributed by atoms with E-state index in [1.807, 2.05) is 19.2 Å². The first-order chi connectivity index (χ1) is 8.42. The standard InChI is InChI=1S/C15H24FNS/c1-15(2,3)10-9-12(17-4)11-18-14-8-6-5-7-13(14)16/h5-8,12,17H,9-11H2,1-4H3. The minimum absolute atomic E-state index is 0.117. The molecule has 0 saturated heterocycles. The van der Waals surface area contributed by atoms with Crippen molar-refractivity contribution in [2.24, 2.45) is 5.41 Å². The van der Waals surface area contributed by atoms with Crippen molar-refractivity contribution < 1.29 is 4.39 Å². The topological polar surface area (TPSA) is 12.0 Å². The van der Waals surface area contributed by atoms with Crippen LogP contribution in [0, 0.1) is 11.2 Å². The molecule has 0 amide bonds. The third kappa shape index (κ3) is 5.87. The van der Waals surface area contributed by atoms with E-state index in [0.29, 0.717) is 11.5 Å². The summed E-state index contributed by atoms with van der Waals surface area (Å²) >= 11 is 1.59. The van der Waals surface area contributed by atoms with Gasteiger partial charge in [0.2, 0.25) is 0 Å². The Morgan fingerprint density at radius 1 is 1.28 bits per heavy atom. The summed E-state index contributed by atoms with van der Waals surface area (Å²) in [5.41, 5.74) is 0.359. The quantitative estimate of drug-likeness (QED) is 0.771. The van der Waals surface area contributed by atoms with Crippen LogP contribution in [0.3, 0.4) is 0 Å². The van der Waals surface area contributed by atoms with E-state index in [1.54, 1.807) is 17.8 Å². The van der Waals surface area contributed by atoms with Gasteiger partial charge >= 0.3 is 0 Å². The molecule has 0 fully saturated rings. The highest BCUT2D eigenvalue weighted by molar-refractivity contribution is 7.99. The number of rotatable bonds is 6. The minimum Gasteiger partial charge on any atom is -0.316 e. The van der Waals surface area contributed by atoms with Gasteiger partial charge in [-0.3, -0.25) is 0 Å². The van der Waals surface area contributed by atoms with E-state index in [2.05, 4.69) is 26.1 Å². The van der Waals surface area contributed by atoms with Crippen LogP contribution in [-0.4, -0.2) is 18.8 Å². The van der Waals surface area contributed by atoms with Gasteiger partial charge in [-0.1, -0.05) is 32.9 Å². The summed E-state index contributed by atoms with van der Waals surface area (Å²) < 4.78 is 13.5. The third-order valence-corrected chi connectivity index (χ3v) is 4.14. The lowest BCUT2D eigenvalue weighted by Crippen LogP contribution is -2.29. The fourth-order valence-electron chi connectivity index (χ4n) is 1.67. The average molecular weight is 269 g/mol. The van der Waals surface area contributed by atoms with E-state index < -0.39 is 0 Å². The summed E-state index contributed by atoms with van der Waals surface area (Å²) in [6.45, 7) is 6.76. The molecule has 102 valence electrons. The highest BCUT2D eigenvalue weighted by Gasteiger charge is 2.15. The lowest BCUT2D eigenvalue weighted by atomic mass is 9.89. The largest absolute Gasteiger partial charge is 0.316 e. The monoisotopic (exact) mass is 269 g/mol. The van der Waals surface area contributed by atoms with Crippen LogP contribution in [0.25, 0.3) is 0 Å². The van der Waals surface area contributed by atoms with Gasteiger partial charge in [-0.2, -0.15) is 0 Å². The average Bonchev–Trinajstić information content (AvgIpc) is 2.30. The Kier molecular flexibility index (Phi) is 6.16. The maximum atomic E-state index is 13.5. The van der Waals surface area contributed by atoms with Crippen molar-refractivity contribution in [2.45, 2.75) is 44.6 Å². The van der Waals surface area contributed by atoms with Crippen molar-refractivity contribution in [3.8, 4) is 0 Å². The normalized spacial score (nSPS) is 13.6. The van der Waals surface area contributed by atoms with E-state index >= 15 is 0 Å². The first-order valence-electron chi connectivity index (χ1n) is 6.47. The van der Waals surface area contributed by atoms with Gasteiger partial charge in [-0.05, 0) is 37.4 Å². The Bertz CT molecular complexity index is 360. The summed E-state index contributed by atoms with van der Waals surface area (Å²) in [5, 5.41) is 3.32. The summed E-state index contributed by atoms with van der Waals surface area (Å²) in [6.07, 6.45) is 2.30. The molecule has 0 bridgehead atoms. The van der Waals surface area contributed by atoms with Crippen LogP contribution in [0.4, 0.5) is 4.39 Å². The van der Waals surface area contributed by atoms with Crippen molar-refractivity contribution in [3.05, 3.63) is 30.1 Å². The lowest BCUT2D eigenvalue weighted by Gasteiger charge is -2.22. The smallest absolute Gasteiger partial charge is 0.136 e. The Labute approximate surface area is 115 Å². The van der Waals surface area contributed by atoms with E-state index in [-0.39, 0.29) is 5.82 Å². The molecule has 0 aliphatic heterocycles. The second-order valence-corrected chi connectivity index (χ2v) is 6.89. The summed E-state index contributed by atoms with van der Waals surface area (Å²) in [5.74, 6) is 0.793. The summed E-state index contributed by atoms with van der Waals surface area (Å²) in [7, 11) is 1.98. The van der Waals surface area contributed by atoms with Crippen molar-refractivity contribution in [3.63, 3.8) is 0 Å². The zero-order valence-electron chi connectivity index (χ0n) is 11.8. The molecule has 1 N–H and O–H groups in total. The number of hydrogen-bond donors (Lipinski definition) is 1. The predicted octanol–water partition coefficient (Wildman–Crippen LogP) is 4.33. The van der Waals surface area contributed by atoms with Crippen LogP contribution in [-0.2, 0) is 0 Å². The maximum Gasteiger partial charge on any atom is 0.136 e. The zero-order valence-corrected chi connectivity index (χ0v) is 12.6. The van der Waals surface area contributed by atoms with Crippen molar-refractivity contribution in [1.82, 2.24) is 5.32 Å². The number of nitrogens with one attached hydrogen (secondary N) is 1. The molecule has 0 radical (unpaired) electrons. The Morgan fingerprint density at radius 3 is 2.50 bits per heavy atom. The molecule has 0 heterocycles. The molecule has 0 saturated carbocycles. The Morgan fingerprint density at radius 2 is 1.94 bits per heavy atom.